The normalized spacial score (nSPS) is 10.4. The van der Waals surface area contributed by atoms with Crippen LogP contribution >= 0.6 is 23.2 Å². The summed E-state index contributed by atoms with van der Waals surface area (Å²) in [6, 6.07) is 10.8. The molecule has 2 aromatic carbocycles. The van der Waals surface area contributed by atoms with E-state index in [4.69, 9.17) is 23.2 Å². The molecule has 0 aliphatic heterocycles. The van der Waals surface area contributed by atoms with E-state index >= 15 is 0 Å². The Labute approximate surface area is 104 Å². The van der Waals surface area contributed by atoms with Crippen molar-refractivity contribution in [2.24, 2.45) is 0 Å². The summed E-state index contributed by atoms with van der Waals surface area (Å²) in [4.78, 5) is 0. The summed E-state index contributed by atoms with van der Waals surface area (Å²) in [5.41, 5.74) is 2.74. The third kappa shape index (κ3) is 2.01. The second-order valence-corrected chi connectivity index (χ2v) is 4.39. The maximum absolute atomic E-state index is 9.63. The van der Waals surface area contributed by atoms with Gasteiger partial charge < -0.3 is 5.11 Å². The lowest BCUT2D eigenvalue weighted by molar-refractivity contribution is 0.471. The minimum atomic E-state index is 0.281. The minimum absolute atomic E-state index is 0.281. The van der Waals surface area contributed by atoms with Gasteiger partial charge in [-0.05, 0) is 41.8 Å². The lowest BCUT2D eigenvalue weighted by Gasteiger charge is -2.08. The van der Waals surface area contributed by atoms with Crippen molar-refractivity contribution >= 4 is 23.2 Å². The summed E-state index contributed by atoms with van der Waals surface area (Å²) in [6.07, 6.45) is 0. The summed E-state index contributed by atoms with van der Waals surface area (Å²) < 4.78 is 0. The van der Waals surface area contributed by atoms with Gasteiger partial charge in [0.1, 0.15) is 5.75 Å². The van der Waals surface area contributed by atoms with Crippen LogP contribution in [0.5, 0.6) is 5.75 Å². The Hall–Kier alpha value is -1.18. The van der Waals surface area contributed by atoms with Crippen LogP contribution in [0.3, 0.4) is 0 Å². The van der Waals surface area contributed by atoms with Gasteiger partial charge in [0.15, 0.2) is 0 Å². The molecule has 0 aromatic heterocycles. The molecular formula is C13H10Cl2O. The first-order valence-electron chi connectivity index (χ1n) is 4.83. The van der Waals surface area contributed by atoms with E-state index in [1.165, 1.54) is 0 Å². The molecule has 0 fully saturated rings. The molecule has 3 heteroatoms. The molecule has 0 bridgehead atoms. The molecule has 2 rings (SSSR count). The first-order chi connectivity index (χ1) is 7.59. The van der Waals surface area contributed by atoms with Crippen LogP contribution in [-0.2, 0) is 0 Å². The van der Waals surface area contributed by atoms with Crippen molar-refractivity contribution in [3.05, 3.63) is 52.0 Å². The first-order valence-corrected chi connectivity index (χ1v) is 5.59. The topological polar surface area (TPSA) is 20.2 Å². The van der Waals surface area contributed by atoms with Crippen molar-refractivity contribution in [1.29, 1.82) is 0 Å². The van der Waals surface area contributed by atoms with Crippen LogP contribution in [0.4, 0.5) is 0 Å². The molecule has 16 heavy (non-hydrogen) atoms. The SMILES string of the molecule is Cc1c(O)cccc1-c1ccc(Cl)c(Cl)c1. The first kappa shape index (κ1) is 11.3. The molecule has 0 radical (unpaired) electrons. The summed E-state index contributed by atoms with van der Waals surface area (Å²) in [5.74, 6) is 0.281. The zero-order valence-electron chi connectivity index (χ0n) is 8.67. The smallest absolute Gasteiger partial charge is 0.119 e. The molecule has 0 atom stereocenters. The highest BCUT2D eigenvalue weighted by Gasteiger charge is 2.06. The van der Waals surface area contributed by atoms with Gasteiger partial charge in [0.2, 0.25) is 0 Å². The van der Waals surface area contributed by atoms with Gasteiger partial charge in [-0.2, -0.15) is 0 Å². The molecule has 2 aromatic rings. The molecule has 0 aliphatic rings. The second-order valence-electron chi connectivity index (χ2n) is 3.58. The molecule has 0 spiro atoms. The Morgan fingerprint density at radius 1 is 1.00 bits per heavy atom. The molecule has 0 unspecified atom stereocenters. The summed E-state index contributed by atoms with van der Waals surface area (Å²) >= 11 is 11.8. The van der Waals surface area contributed by atoms with Gasteiger partial charge in [0.05, 0.1) is 10.0 Å². The van der Waals surface area contributed by atoms with Crippen molar-refractivity contribution in [2.45, 2.75) is 6.92 Å². The number of phenolic OH excluding ortho intramolecular Hbond substituents is 1. The molecule has 1 nitrogen and oxygen atoms in total. The van der Waals surface area contributed by atoms with Crippen LogP contribution in [0, 0.1) is 6.92 Å². The maximum atomic E-state index is 9.63. The molecule has 0 saturated heterocycles. The van der Waals surface area contributed by atoms with E-state index in [2.05, 4.69) is 0 Å². The number of hydrogen-bond acceptors (Lipinski definition) is 1. The van der Waals surface area contributed by atoms with E-state index < -0.39 is 0 Å². The van der Waals surface area contributed by atoms with Crippen LogP contribution in [0.2, 0.25) is 10.0 Å². The fourth-order valence-corrected chi connectivity index (χ4v) is 1.90. The minimum Gasteiger partial charge on any atom is -0.508 e. The van der Waals surface area contributed by atoms with Gasteiger partial charge in [-0.3, -0.25) is 0 Å². The summed E-state index contributed by atoms with van der Waals surface area (Å²) in [7, 11) is 0. The zero-order valence-corrected chi connectivity index (χ0v) is 10.2. The lowest BCUT2D eigenvalue weighted by atomic mass is 10.00. The van der Waals surface area contributed by atoms with E-state index in [0.717, 1.165) is 16.7 Å². The number of phenols is 1. The van der Waals surface area contributed by atoms with Crippen LogP contribution in [0.1, 0.15) is 5.56 Å². The Kier molecular flexibility index (Phi) is 3.08. The summed E-state index contributed by atoms with van der Waals surface area (Å²) in [5, 5.41) is 10.7. The van der Waals surface area contributed by atoms with E-state index in [0.29, 0.717) is 10.0 Å². The van der Waals surface area contributed by atoms with Crippen molar-refractivity contribution in [3.63, 3.8) is 0 Å². The van der Waals surface area contributed by atoms with Crippen LogP contribution in [0.15, 0.2) is 36.4 Å². The number of benzene rings is 2. The highest BCUT2D eigenvalue weighted by Crippen LogP contribution is 2.32. The highest BCUT2D eigenvalue weighted by atomic mass is 35.5. The Morgan fingerprint density at radius 2 is 1.75 bits per heavy atom. The Morgan fingerprint density at radius 3 is 2.44 bits per heavy atom. The average molecular weight is 253 g/mol. The number of aromatic hydroxyl groups is 1. The Bertz CT molecular complexity index is 535. The van der Waals surface area contributed by atoms with E-state index in [9.17, 15) is 5.11 Å². The van der Waals surface area contributed by atoms with Gasteiger partial charge in [0.25, 0.3) is 0 Å². The largest absolute Gasteiger partial charge is 0.508 e. The number of rotatable bonds is 1. The maximum Gasteiger partial charge on any atom is 0.119 e. The quantitative estimate of drug-likeness (QED) is 0.782. The molecule has 0 saturated carbocycles. The van der Waals surface area contributed by atoms with Crippen molar-refractivity contribution in [1.82, 2.24) is 0 Å². The van der Waals surface area contributed by atoms with Gasteiger partial charge in [-0.1, -0.05) is 41.4 Å². The monoisotopic (exact) mass is 252 g/mol. The summed E-state index contributed by atoms with van der Waals surface area (Å²) in [6.45, 7) is 1.87. The Balaban J connectivity index is 2.59. The number of halogens is 2. The lowest BCUT2D eigenvalue weighted by Crippen LogP contribution is -1.84. The van der Waals surface area contributed by atoms with Gasteiger partial charge in [-0.25, -0.2) is 0 Å². The van der Waals surface area contributed by atoms with Crippen LogP contribution in [-0.4, -0.2) is 5.11 Å². The highest BCUT2D eigenvalue weighted by molar-refractivity contribution is 6.42. The average Bonchev–Trinajstić information content (AvgIpc) is 2.26. The molecular weight excluding hydrogens is 243 g/mol. The van der Waals surface area contributed by atoms with Gasteiger partial charge in [0, 0.05) is 0 Å². The second kappa shape index (κ2) is 4.36. The third-order valence-corrected chi connectivity index (χ3v) is 3.27. The van der Waals surface area contributed by atoms with E-state index in [-0.39, 0.29) is 5.75 Å². The van der Waals surface area contributed by atoms with Crippen molar-refractivity contribution < 1.29 is 5.11 Å². The fraction of sp³-hybridized carbons (Fsp3) is 0.0769. The molecule has 0 amide bonds. The van der Waals surface area contributed by atoms with Crippen molar-refractivity contribution in [3.8, 4) is 16.9 Å². The molecule has 82 valence electrons. The number of hydrogen-bond donors (Lipinski definition) is 1. The fourth-order valence-electron chi connectivity index (χ4n) is 1.60. The van der Waals surface area contributed by atoms with Gasteiger partial charge in [-0.15, -0.1) is 0 Å². The van der Waals surface area contributed by atoms with E-state index in [1.54, 1.807) is 24.3 Å². The molecule has 0 heterocycles. The predicted molar refractivity (Wildman–Crippen MR) is 68.3 cm³/mol. The third-order valence-electron chi connectivity index (χ3n) is 2.54. The molecule has 1 N–H and O–H groups in total. The van der Waals surface area contributed by atoms with E-state index in [1.807, 2.05) is 19.1 Å². The van der Waals surface area contributed by atoms with Crippen LogP contribution < -0.4 is 0 Å². The van der Waals surface area contributed by atoms with Crippen molar-refractivity contribution in [2.75, 3.05) is 0 Å². The van der Waals surface area contributed by atoms with Crippen LogP contribution in [0.25, 0.3) is 11.1 Å². The predicted octanol–water partition coefficient (Wildman–Crippen LogP) is 4.67. The zero-order chi connectivity index (χ0) is 11.7. The molecule has 0 aliphatic carbocycles. The standard InChI is InChI=1S/C13H10Cl2O/c1-8-10(3-2-4-13(8)16)9-5-6-11(14)12(15)7-9/h2-7,16H,1H3. The van der Waals surface area contributed by atoms with Gasteiger partial charge >= 0.3 is 0 Å².